The van der Waals surface area contributed by atoms with E-state index >= 15 is 0 Å². The predicted molar refractivity (Wildman–Crippen MR) is 44.2 cm³/mol. The molecule has 0 radical (unpaired) electrons. The molecule has 62 valence electrons. The molecule has 0 unspecified atom stereocenters. The molecule has 1 heterocycles. The number of carbonyl (C=O) groups excluding carboxylic acids is 1. The minimum Gasteiger partial charge on any atom is -0.300 e. The van der Waals surface area contributed by atoms with E-state index in [0.717, 1.165) is 0 Å². The Morgan fingerprint density at radius 1 is 1.45 bits per heavy atom. The van der Waals surface area contributed by atoms with Crippen LogP contribution in [0.25, 0.3) is 0 Å². The molecular weight excluding hydrogens is 140 g/mol. The van der Waals surface area contributed by atoms with E-state index in [2.05, 4.69) is 10.2 Å². The van der Waals surface area contributed by atoms with E-state index in [1.165, 1.54) is 0 Å². The van der Waals surface area contributed by atoms with Crippen molar-refractivity contribution < 1.29 is 4.79 Å². The van der Waals surface area contributed by atoms with Crippen LogP contribution in [0.4, 0.5) is 0 Å². The molecule has 1 rings (SSSR count). The van der Waals surface area contributed by atoms with Crippen LogP contribution in [0, 0.1) is 0 Å². The van der Waals surface area contributed by atoms with Crippen molar-refractivity contribution >= 4 is 5.78 Å². The van der Waals surface area contributed by atoms with E-state index in [4.69, 9.17) is 0 Å². The number of hydrogen-bond acceptors (Lipinski definition) is 2. The van der Waals surface area contributed by atoms with Gasteiger partial charge in [-0.2, -0.15) is 5.10 Å². The number of Topliss-reactive ketones (excluding diaryl/α,β-unsaturated/α-hetero) is 1. The highest BCUT2D eigenvalue weighted by Gasteiger charge is 1.86. The quantitative estimate of drug-likeness (QED) is 0.705. The molecule has 0 saturated carbocycles. The topological polar surface area (TPSA) is 45.8 Å². The minimum absolute atomic E-state index is 0.343. The molecule has 0 atom stereocenters. The summed E-state index contributed by atoms with van der Waals surface area (Å²) in [4.78, 5) is 10.2. The summed E-state index contributed by atoms with van der Waals surface area (Å²) >= 11 is 0. The molecule has 3 nitrogen and oxygen atoms in total. The molecular formula is C8H14N2O. The maximum atomic E-state index is 10.2. The van der Waals surface area contributed by atoms with Gasteiger partial charge in [0.25, 0.3) is 0 Å². The smallest absolute Gasteiger partial charge is 0.132 e. The summed E-state index contributed by atoms with van der Waals surface area (Å²) in [6.07, 6.45) is 4.84. The van der Waals surface area contributed by atoms with Crippen LogP contribution < -0.4 is 0 Å². The molecule has 0 aliphatic carbocycles. The normalized spacial score (nSPS) is 8.18. The average molecular weight is 154 g/mol. The third kappa shape index (κ3) is 6.77. The number of hydrogen-bond donors (Lipinski definition) is 1. The van der Waals surface area contributed by atoms with Crippen molar-refractivity contribution in [2.75, 3.05) is 0 Å². The second-order valence-corrected chi connectivity index (χ2v) is 2.01. The molecule has 0 bridgehead atoms. The summed E-state index contributed by atoms with van der Waals surface area (Å²) < 4.78 is 0. The zero-order valence-electron chi connectivity index (χ0n) is 7.00. The number of aromatic nitrogens is 2. The van der Waals surface area contributed by atoms with Gasteiger partial charge in [-0.25, -0.2) is 0 Å². The second-order valence-electron chi connectivity index (χ2n) is 2.01. The van der Waals surface area contributed by atoms with E-state index in [0.29, 0.717) is 18.6 Å². The standard InChI is InChI=1S/C5H10O.C3H4N2/c1-3-5(6)4-2;1-2-4-5-3-1/h3-4H2,1-2H3;1-3H,(H,4,5). The van der Waals surface area contributed by atoms with E-state index in [1.807, 2.05) is 19.9 Å². The average Bonchev–Trinajstić information content (AvgIpc) is 2.60. The van der Waals surface area contributed by atoms with Gasteiger partial charge in [0, 0.05) is 25.2 Å². The van der Waals surface area contributed by atoms with Gasteiger partial charge in [-0.3, -0.25) is 9.89 Å². The van der Waals surface area contributed by atoms with Crippen molar-refractivity contribution in [2.45, 2.75) is 26.7 Å². The number of aromatic amines is 1. The molecule has 0 aliphatic rings. The Morgan fingerprint density at radius 3 is 2.18 bits per heavy atom. The summed E-state index contributed by atoms with van der Waals surface area (Å²) in [6, 6.07) is 1.83. The molecule has 11 heavy (non-hydrogen) atoms. The fraction of sp³-hybridized carbons (Fsp3) is 0.500. The zero-order chi connectivity index (χ0) is 8.53. The lowest BCUT2D eigenvalue weighted by atomic mass is 10.3. The predicted octanol–water partition coefficient (Wildman–Crippen LogP) is 1.79. The van der Waals surface area contributed by atoms with Gasteiger partial charge >= 0.3 is 0 Å². The van der Waals surface area contributed by atoms with Crippen LogP contribution in [0.1, 0.15) is 26.7 Å². The Hall–Kier alpha value is -1.12. The van der Waals surface area contributed by atoms with E-state index in [9.17, 15) is 4.79 Å². The van der Waals surface area contributed by atoms with E-state index in [1.54, 1.807) is 12.4 Å². The van der Waals surface area contributed by atoms with Gasteiger partial charge in [0.2, 0.25) is 0 Å². The van der Waals surface area contributed by atoms with Crippen LogP contribution in [0.15, 0.2) is 18.5 Å². The van der Waals surface area contributed by atoms with Crippen LogP contribution in [-0.2, 0) is 4.79 Å². The molecule has 0 fully saturated rings. The molecule has 0 spiro atoms. The molecule has 1 aromatic rings. The molecule has 0 aliphatic heterocycles. The molecule has 1 aromatic heterocycles. The van der Waals surface area contributed by atoms with Crippen molar-refractivity contribution in [3.05, 3.63) is 18.5 Å². The summed E-state index contributed by atoms with van der Waals surface area (Å²) in [6.45, 7) is 3.76. The monoisotopic (exact) mass is 154 g/mol. The van der Waals surface area contributed by atoms with E-state index < -0.39 is 0 Å². The third-order valence-electron chi connectivity index (χ3n) is 1.19. The largest absolute Gasteiger partial charge is 0.300 e. The maximum Gasteiger partial charge on any atom is 0.132 e. The summed E-state index contributed by atoms with van der Waals surface area (Å²) in [5, 5.41) is 6.21. The first-order valence-corrected chi connectivity index (χ1v) is 3.76. The van der Waals surface area contributed by atoms with Gasteiger partial charge in [-0.15, -0.1) is 0 Å². The van der Waals surface area contributed by atoms with Gasteiger partial charge in [0.15, 0.2) is 0 Å². The van der Waals surface area contributed by atoms with Crippen LogP contribution in [0.3, 0.4) is 0 Å². The number of carbonyl (C=O) groups is 1. The van der Waals surface area contributed by atoms with E-state index in [-0.39, 0.29) is 0 Å². The van der Waals surface area contributed by atoms with Gasteiger partial charge in [0.05, 0.1) is 0 Å². The second kappa shape index (κ2) is 6.99. The van der Waals surface area contributed by atoms with Crippen molar-refractivity contribution in [2.24, 2.45) is 0 Å². The first-order valence-electron chi connectivity index (χ1n) is 3.76. The van der Waals surface area contributed by atoms with Gasteiger partial charge in [-0.05, 0) is 6.07 Å². The highest BCUT2D eigenvalue weighted by molar-refractivity contribution is 5.77. The molecule has 3 heteroatoms. The Morgan fingerprint density at radius 2 is 2.09 bits per heavy atom. The fourth-order valence-electron chi connectivity index (χ4n) is 0.465. The minimum atomic E-state index is 0.343. The lowest BCUT2D eigenvalue weighted by molar-refractivity contribution is -0.118. The van der Waals surface area contributed by atoms with Crippen molar-refractivity contribution in [3.8, 4) is 0 Å². The highest BCUT2D eigenvalue weighted by atomic mass is 16.1. The van der Waals surface area contributed by atoms with Crippen LogP contribution in [-0.4, -0.2) is 16.0 Å². The highest BCUT2D eigenvalue weighted by Crippen LogP contribution is 1.83. The lowest BCUT2D eigenvalue weighted by Gasteiger charge is -1.81. The molecule has 0 amide bonds. The van der Waals surface area contributed by atoms with Gasteiger partial charge in [-0.1, -0.05) is 13.8 Å². The number of ketones is 1. The summed E-state index contributed by atoms with van der Waals surface area (Å²) in [5.41, 5.74) is 0. The van der Waals surface area contributed by atoms with Gasteiger partial charge < -0.3 is 0 Å². The SMILES string of the molecule is CCC(=O)CC.c1cn[nH]c1. The Kier molecular flexibility index (Phi) is 6.28. The molecule has 0 aromatic carbocycles. The lowest BCUT2D eigenvalue weighted by Crippen LogP contribution is -1.88. The van der Waals surface area contributed by atoms with Crippen LogP contribution in [0.5, 0.6) is 0 Å². The van der Waals surface area contributed by atoms with Crippen molar-refractivity contribution in [1.29, 1.82) is 0 Å². The summed E-state index contributed by atoms with van der Waals surface area (Å²) in [5.74, 6) is 0.343. The fourth-order valence-corrected chi connectivity index (χ4v) is 0.465. The van der Waals surface area contributed by atoms with Crippen molar-refractivity contribution in [3.63, 3.8) is 0 Å². The Bertz CT molecular complexity index is 147. The van der Waals surface area contributed by atoms with Crippen molar-refractivity contribution in [1.82, 2.24) is 10.2 Å². The molecule has 1 N–H and O–H groups in total. The summed E-state index contributed by atoms with van der Waals surface area (Å²) in [7, 11) is 0. The third-order valence-corrected chi connectivity index (χ3v) is 1.19. The first-order chi connectivity index (χ1) is 5.31. The number of nitrogens with one attached hydrogen (secondary N) is 1. The zero-order valence-corrected chi connectivity index (χ0v) is 7.00. The Labute approximate surface area is 66.8 Å². The Balaban J connectivity index is 0.000000183. The molecule has 0 saturated heterocycles. The van der Waals surface area contributed by atoms with Crippen LogP contribution >= 0.6 is 0 Å². The first kappa shape index (κ1) is 9.88. The van der Waals surface area contributed by atoms with Gasteiger partial charge in [0.1, 0.15) is 5.78 Å². The number of rotatable bonds is 2. The number of nitrogens with zero attached hydrogens (tertiary/aromatic N) is 1. The van der Waals surface area contributed by atoms with Crippen LogP contribution in [0.2, 0.25) is 0 Å². The maximum absolute atomic E-state index is 10.2. The number of H-pyrrole nitrogens is 1.